The number of nitrogens with zero attached hydrogens (tertiary/aromatic N) is 1. The Labute approximate surface area is 131 Å². The number of methoxy groups -OCH3 is 2. The topological polar surface area (TPSA) is 54.9 Å². The van der Waals surface area contributed by atoms with Crippen LogP contribution in [-0.4, -0.2) is 45.8 Å². The van der Waals surface area contributed by atoms with E-state index in [-0.39, 0.29) is 0 Å². The van der Waals surface area contributed by atoms with Crippen molar-refractivity contribution in [1.29, 1.82) is 0 Å². The van der Waals surface area contributed by atoms with E-state index in [1.54, 1.807) is 21.3 Å². The minimum atomic E-state index is 0.648. The predicted octanol–water partition coefficient (Wildman–Crippen LogP) is 2.12. The average molecular weight is 311 g/mol. The maximum atomic E-state index is 5.38. The molecule has 5 nitrogen and oxygen atoms in total. The summed E-state index contributed by atoms with van der Waals surface area (Å²) in [6.45, 7) is 1.57. The molecule has 21 heavy (non-hydrogen) atoms. The molecule has 0 saturated heterocycles. The summed E-state index contributed by atoms with van der Waals surface area (Å²) in [5, 5.41) is 6.58. The standard InChI is InChI=1S/C15H25N3O2S/c1-16-15(17-8-5-9-21-4)18-11-12-6-7-13(19-2)10-14(12)20-3/h6-7,10H,5,8-9,11H2,1-4H3,(H2,16,17,18). The smallest absolute Gasteiger partial charge is 0.191 e. The molecule has 0 amide bonds. The van der Waals surface area contributed by atoms with Crippen molar-refractivity contribution in [3.63, 3.8) is 0 Å². The molecule has 1 rings (SSSR count). The van der Waals surface area contributed by atoms with E-state index in [1.807, 2.05) is 30.0 Å². The summed E-state index contributed by atoms with van der Waals surface area (Å²) in [5.74, 6) is 3.54. The number of benzene rings is 1. The first-order valence-corrected chi connectivity index (χ1v) is 8.29. The summed E-state index contributed by atoms with van der Waals surface area (Å²) < 4.78 is 10.6. The highest BCUT2D eigenvalue weighted by Gasteiger charge is 2.06. The van der Waals surface area contributed by atoms with Crippen LogP contribution in [0, 0.1) is 0 Å². The molecule has 0 atom stereocenters. The lowest BCUT2D eigenvalue weighted by molar-refractivity contribution is 0.390. The van der Waals surface area contributed by atoms with Gasteiger partial charge in [-0.1, -0.05) is 0 Å². The number of nitrogens with one attached hydrogen (secondary N) is 2. The van der Waals surface area contributed by atoms with Gasteiger partial charge < -0.3 is 20.1 Å². The van der Waals surface area contributed by atoms with Crippen molar-refractivity contribution >= 4 is 17.7 Å². The number of ether oxygens (including phenoxy) is 2. The molecule has 0 aliphatic carbocycles. The molecule has 0 aliphatic rings. The van der Waals surface area contributed by atoms with Crippen LogP contribution >= 0.6 is 11.8 Å². The van der Waals surface area contributed by atoms with E-state index in [9.17, 15) is 0 Å². The molecule has 0 bridgehead atoms. The van der Waals surface area contributed by atoms with Gasteiger partial charge in [-0.25, -0.2) is 0 Å². The van der Waals surface area contributed by atoms with Crippen molar-refractivity contribution in [2.24, 2.45) is 4.99 Å². The predicted molar refractivity (Wildman–Crippen MR) is 90.7 cm³/mol. The molecule has 0 unspecified atom stereocenters. The number of hydrogen-bond acceptors (Lipinski definition) is 4. The molecular formula is C15H25N3O2S. The first-order chi connectivity index (χ1) is 10.2. The lowest BCUT2D eigenvalue weighted by atomic mass is 10.2. The van der Waals surface area contributed by atoms with Gasteiger partial charge in [0.25, 0.3) is 0 Å². The third kappa shape index (κ3) is 6.16. The number of thioether (sulfide) groups is 1. The highest BCUT2D eigenvalue weighted by atomic mass is 32.2. The first-order valence-electron chi connectivity index (χ1n) is 6.89. The lowest BCUT2D eigenvalue weighted by Crippen LogP contribution is -2.37. The first kappa shape index (κ1) is 17.5. The van der Waals surface area contributed by atoms with Crippen molar-refractivity contribution in [3.8, 4) is 11.5 Å². The minimum Gasteiger partial charge on any atom is -0.497 e. The average Bonchev–Trinajstić information content (AvgIpc) is 2.54. The second kappa shape index (κ2) is 10.2. The summed E-state index contributed by atoms with van der Waals surface area (Å²) >= 11 is 1.85. The Morgan fingerprint density at radius 2 is 2.05 bits per heavy atom. The van der Waals surface area contributed by atoms with Crippen molar-refractivity contribution in [2.75, 3.05) is 39.8 Å². The van der Waals surface area contributed by atoms with Gasteiger partial charge in [-0.15, -0.1) is 0 Å². The van der Waals surface area contributed by atoms with E-state index in [1.165, 1.54) is 0 Å². The van der Waals surface area contributed by atoms with E-state index < -0.39 is 0 Å². The van der Waals surface area contributed by atoms with Gasteiger partial charge in [0.15, 0.2) is 5.96 Å². The van der Waals surface area contributed by atoms with Gasteiger partial charge in [-0.3, -0.25) is 4.99 Å². The Kier molecular flexibility index (Phi) is 8.50. The Morgan fingerprint density at radius 1 is 1.24 bits per heavy atom. The summed E-state index contributed by atoms with van der Waals surface area (Å²) in [6.07, 6.45) is 3.23. The highest BCUT2D eigenvalue weighted by Crippen LogP contribution is 2.24. The van der Waals surface area contributed by atoms with Gasteiger partial charge in [0.2, 0.25) is 0 Å². The Balaban J connectivity index is 2.52. The normalized spacial score (nSPS) is 11.1. The molecule has 2 N–H and O–H groups in total. The van der Waals surface area contributed by atoms with Gasteiger partial charge >= 0.3 is 0 Å². The third-order valence-electron chi connectivity index (χ3n) is 2.98. The van der Waals surface area contributed by atoms with Gasteiger partial charge in [0, 0.05) is 31.8 Å². The van der Waals surface area contributed by atoms with E-state index in [0.29, 0.717) is 6.54 Å². The van der Waals surface area contributed by atoms with E-state index in [4.69, 9.17) is 9.47 Å². The Bertz CT molecular complexity index is 453. The monoisotopic (exact) mass is 311 g/mol. The van der Waals surface area contributed by atoms with Crippen LogP contribution in [0.1, 0.15) is 12.0 Å². The molecule has 6 heteroatoms. The number of guanidine groups is 1. The number of hydrogen-bond donors (Lipinski definition) is 2. The Hall–Kier alpha value is -1.56. The van der Waals surface area contributed by atoms with Crippen LogP contribution < -0.4 is 20.1 Å². The van der Waals surface area contributed by atoms with Crippen molar-refractivity contribution in [1.82, 2.24) is 10.6 Å². The molecule has 1 aromatic rings. The molecule has 0 radical (unpaired) electrons. The molecule has 0 saturated carbocycles. The van der Waals surface area contributed by atoms with Gasteiger partial charge in [0.1, 0.15) is 11.5 Å². The zero-order chi connectivity index (χ0) is 15.5. The van der Waals surface area contributed by atoms with Gasteiger partial charge in [0.05, 0.1) is 14.2 Å². The fourth-order valence-corrected chi connectivity index (χ4v) is 2.25. The molecule has 0 aromatic heterocycles. The van der Waals surface area contributed by atoms with Crippen LogP contribution in [0.4, 0.5) is 0 Å². The van der Waals surface area contributed by atoms with Crippen molar-refractivity contribution in [3.05, 3.63) is 23.8 Å². The maximum Gasteiger partial charge on any atom is 0.191 e. The SMILES string of the molecule is CN=C(NCCCSC)NCc1ccc(OC)cc1OC. The van der Waals surface area contributed by atoms with Crippen molar-refractivity contribution < 1.29 is 9.47 Å². The second-order valence-electron chi connectivity index (χ2n) is 4.38. The fourth-order valence-electron chi connectivity index (χ4n) is 1.82. The zero-order valence-electron chi connectivity index (χ0n) is 13.2. The van der Waals surface area contributed by atoms with Gasteiger partial charge in [-0.2, -0.15) is 11.8 Å². The Morgan fingerprint density at radius 3 is 2.67 bits per heavy atom. The van der Waals surface area contributed by atoms with Crippen LogP contribution in [-0.2, 0) is 6.54 Å². The fraction of sp³-hybridized carbons (Fsp3) is 0.533. The number of rotatable bonds is 8. The summed E-state index contributed by atoms with van der Waals surface area (Å²) in [4.78, 5) is 4.21. The molecular weight excluding hydrogens is 286 g/mol. The lowest BCUT2D eigenvalue weighted by Gasteiger charge is -2.14. The molecule has 0 fully saturated rings. The van der Waals surface area contributed by atoms with Crippen LogP contribution in [0.2, 0.25) is 0 Å². The van der Waals surface area contributed by atoms with Crippen LogP contribution in [0.5, 0.6) is 11.5 Å². The van der Waals surface area contributed by atoms with E-state index >= 15 is 0 Å². The number of aliphatic imine (C=N–C) groups is 1. The second-order valence-corrected chi connectivity index (χ2v) is 5.36. The molecule has 0 spiro atoms. The van der Waals surface area contributed by atoms with Crippen molar-refractivity contribution in [2.45, 2.75) is 13.0 Å². The summed E-state index contributed by atoms with van der Waals surface area (Å²) in [6, 6.07) is 5.80. The zero-order valence-corrected chi connectivity index (χ0v) is 14.0. The quantitative estimate of drug-likeness (QED) is 0.437. The third-order valence-corrected chi connectivity index (χ3v) is 3.68. The minimum absolute atomic E-state index is 0.648. The molecule has 1 aromatic carbocycles. The summed E-state index contributed by atoms with van der Waals surface area (Å²) in [7, 11) is 5.08. The highest BCUT2D eigenvalue weighted by molar-refractivity contribution is 7.98. The molecule has 0 heterocycles. The largest absolute Gasteiger partial charge is 0.497 e. The van der Waals surface area contributed by atoms with Crippen LogP contribution in [0.25, 0.3) is 0 Å². The molecule has 0 aliphatic heterocycles. The molecule has 118 valence electrons. The van der Waals surface area contributed by atoms with Gasteiger partial charge in [-0.05, 0) is 30.6 Å². The summed E-state index contributed by atoms with van der Waals surface area (Å²) in [5.41, 5.74) is 1.06. The maximum absolute atomic E-state index is 5.38. The van der Waals surface area contributed by atoms with Crippen LogP contribution in [0.3, 0.4) is 0 Å². The van der Waals surface area contributed by atoms with E-state index in [2.05, 4.69) is 21.9 Å². The van der Waals surface area contributed by atoms with Crippen LogP contribution in [0.15, 0.2) is 23.2 Å². The van der Waals surface area contributed by atoms with E-state index in [0.717, 1.165) is 41.7 Å².